The molecule has 156 valence electrons. The molecule has 4 rings (SSSR count). The van der Waals surface area contributed by atoms with Crippen LogP contribution in [-0.4, -0.2) is 62.1 Å². The van der Waals surface area contributed by atoms with Crippen molar-refractivity contribution in [3.05, 3.63) is 53.6 Å². The van der Waals surface area contributed by atoms with Gasteiger partial charge >= 0.3 is 0 Å². The second-order valence-corrected chi connectivity index (χ2v) is 7.28. The summed E-state index contributed by atoms with van der Waals surface area (Å²) < 4.78 is 10.9. The van der Waals surface area contributed by atoms with Crippen molar-refractivity contribution in [1.29, 1.82) is 0 Å². The van der Waals surface area contributed by atoms with Gasteiger partial charge in [-0.3, -0.25) is 14.4 Å². The number of carbonyl (C=O) groups is 3. The number of hydrogen-bond donors (Lipinski definition) is 1. The van der Waals surface area contributed by atoms with Crippen molar-refractivity contribution in [3.8, 4) is 5.75 Å². The van der Waals surface area contributed by atoms with Crippen molar-refractivity contribution >= 4 is 29.1 Å². The van der Waals surface area contributed by atoms with Crippen LogP contribution in [0.3, 0.4) is 0 Å². The van der Waals surface area contributed by atoms with E-state index in [0.29, 0.717) is 54.6 Å². The van der Waals surface area contributed by atoms with Gasteiger partial charge in [-0.2, -0.15) is 0 Å². The summed E-state index contributed by atoms with van der Waals surface area (Å²) in [6, 6.07) is 11.7. The lowest BCUT2D eigenvalue weighted by molar-refractivity contribution is -0.125. The first-order chi connectivity index (χ1) is 14.4. The molecule has 1 saturated heterocycles. The summed E-state index contributed by atoms with van der Waals surface area (Å²) in [5.74, 6) is 0.0707. The predicted molar refractivity (Wildman–Crippen MR) is 111 cm³/mol. The van der Waals surface area contributed by atoms with E-state index in [4.69, 9.17) is 9.47 Å². The number of nitrogens with one attached hydrogen (secondary N) is 1. The van der Waals surface area contributed by atoms with E-state index in [2.05, 4.69) is 5.32 Å². The Morgan fingerprint density at radius 1 is 1.03 bits per heavy atom. The number of nitrogens with zero attached hydrogens (tertiary/aromatic N) is 2. The standard InChI is InChI=1S/C22H23N3O5/c1-14-21(27)24(2)18-13-17(7-8-19(18)30-14)23-20(26)15-3-5-16(6-4-15)22(28)25-9-11-29-12-10-25/h3-8,13-14H,9-12H2,1-2H3,(H,23,26). The summed E-state index contributed by atoms with van der Waals surface area (Å²) in [5, 5.41) is 2.82. The van der Waals surface area contributed by atoms with E-state index in [9.17, 15) is 14.4 Å². The number of anilines is 2. The smallest absolute Gasteiger partial charge is 0.267 e. The Balaban J connectivity index is 1.45. The number of morpholine rings is 1. The molecule has 2 aliphatic rings. The summed E-state index contributed by atoms with van der Waals surface area (Å²) in [6.45, 7) is 3.91. The summed E-state index contributed by atoms with van der Waals surface area (Å²) in [5.41, 5.74) is 2.11. The number of benzene rings is 2. The fourth-order valence-corrected chi connectivity index (χ4v) is 3.51. The SMILES string of the molecule is CC1Oc2ccc(NC(=O)c3ccc(C(=O)N4CCOCC4)cc3)cc2N(C)C1=O. The lowest BCUT2D eigenvalue weighted by atomic mass is 10.1. The largest absolute Gasteiger partial charge is 0.479 e. The molecule has 0 aliphatic carbocycles. The Hall–Kier alpha value is -3.39. The maximum Gasteiger partial charge on any atom is 0.267 e. The summed E-state index contributed by atoms with van der Waals surface area (Å²) in [7, 11) is 1.68. The molecule has 1 N–H and O–H groups in total. The van der Waals surface area contributed by atoms with E-state index in [0.717, 1.165) is 0 Å². The molecule has 0 aromatic heterocycles. The molecule has 1 fully saturated rings. The molecule has 1 unspecified atom stereocenters. The van der Waals surface area contributed by atoms with Gasteiger partial charge in [-0.05, 0) is 49.4 Å². The molecule has 30 heavy (non-hydrogen) atoms. The first-order valence-electron chi connectivity index (χ1n) is 9.81. The Morgan fingerprint density at radius 2 is 1.70 bits per heavy atom. The average Bonchev–Trinajstić information content (AvgIpc) is 2.78. The van der Waals surface area contributed by atoms with Crippen LogP contribution in [0, 0.1) is 0 Å². The molecule has 1 atom stereocenters. The molecule has 8 heteroatoms. The minimum Gasteiger partial charge on any atom is -0.479 e. The fraction of sp³-hybridized carbons (Fsp3) is 0.318. The highest BCUT2D eigenvalue weighted by Gasteiger charge is 2.29. The van der Waals surface area contributed by atoms with E-state index in [1.165, 1.54) is 4.90 Å². The van der Waals surface area contributed by atoms with Gasteiger partial charge in [0, 0.05) is 37.0 Å². The Bertz CT molecular complexity index is 983. The molecule has 0 saturated carbocycles. The molecule has 3 amide bonds. The molecular formula is C22H23N3O5. The average molecular weight is 409 g/mol. The van der Waals surface area contributed by atoms with Crippen molar-refractivity contribution in [3.63, 3.8) is 0 Å². The summed E-state index contributed by atoms with van der Waals surface area (Å²) in [6.07, 6.45) is -0.540. The molecule has 0 spiro atoms. The molecule has 2 aromatic rings. The van der Waals surface area contributed by atoms with E-state index in [-0.39, 0.29) is 17.7 Å². The first-order valence-corrected chi connectivity index (χ1v) is 9.81. The number of fused-ring (bicyclic) bond motifs is 1. The van der Waals surface area contributed by atoms with Gasteiger partial charge in [-0.1, -0.05) is 0 Å². The van der Waals surface area contributed by atoms with Crippen molar-refractivity contribution < 1.29 is 23.9 Å². The zero-order valence-corrected chi connectivity index (χ0v) is 16.9. The topological polar surface area (TPSA) is 88.2 Å². The van der Waals surface area contributed by atoms with Gasteiger partial charge < -0.3 is 24.6 Å². The van der Waals surface area contributed by atoms with Gasteiger partial charge in [-0.15, -0.1) is 0 Å². The maximum absolute atomic E-state index is 12.6. The highest BCUT2D eigenvalue weighted by molar-refractivity contribution is 6.06. The molecule has 2 aliphatic heterocycles. The van der Waals surface area contributed by atoms with Crippen LogP contribution in [0.2, 0.25) is 0 Å². The van der Waals surface area contributed by atoms with Crippen molar-refractivity contribution in [2.45, 2.75) is 13.0 Å². The Kier molecular flexibility index (Phi) is 5.41. The number of rotatable bonds is 3. The van der Waals surface area contributed by atoms with Gasteiger partial charge in [0.1, 0.15) is 5.75 Å². The first kappa shape index (κ1) is 19.9. The van der Waals surface area contributed by atoms with Crippen LogP contribution in [-0.2, 0) is 9.53 Å². The molecule has 2 heterocycles. The number of likely N-dealkylation sites (N-methyl/N-ethyl adjacent to an activating group) is 1. The number of hydrogen-bond acceptors (Lipinski definition) is 5. The minimum atomic E-state index is -0.540. The molecule has 0 radical (unpaired) electrons. The lowest BCUT2D eigenvalue weighted by Crippen LogP contribution is -2.41. The Labute approximate surface area is 174 Å². The van der Waals surface area contributed by atoms with Crippen LogP contribution in [0.4, 0.5) is 11.4 Å². The third kappa shape index (κ3) is 3.86. The van der Waals surface area contributed by atoms with Crippen LogP contribution >= 0.6 is 0 Å². The lowest BCUT2D eigenvalue weighted by Gasteiger charge is -2.30. The van der Waals surface area contributed by atoms with Gasteiger partial charge in [0.25, 0.3) is 17.7 Å². The van der Waals surface area contributed by atoms with Crippen molar-refractivity contribution in [1.82, 2.24) is 4.90 Å². The quantitative estimate of drug-likeness (QED) is 0.839. The maximum atomic E-state index is 12.6. The third-order valence-electron chi connectivity index (χ3n) is 5.25. The van der Waals surface area contributed by atoms with Crippen LogP contribution in [0.25, 0.3) is 0 Å². The highest BCUT2D eigenvalue weighted by Crippen LogP contribution is 2.35. The summed E-state index contributed by atoms with van der Waals surface area (Å²) >= 11 is 0. The van der Waals surface area contributed by atoms with E-state index in [1.807, 2.05) is 0 Å². The second kappa shape index (κ2) is 8.16. The van der Waals surface area contributed by atoms with Gasteiger partial charge in [-0.25, -0.2) is 0 Å². The number of ether oxygens (including phenoxy) is 2. The molecular weight excluding hydrogens is 386 g/mol. The molecule has 8 nitrogen and oxygen atoms in total. The molecule has 2 aromatic carbocycles. The van der Waals surface area contributed by atoms with E-state index in [1.54, 1.807) is 61.3 Å². The third-order valence-corrected chi connectivity index (χ3v) is 5.25. The van der Waals surface area contributed by atoms with Gasteiger partial charge in [0.15, 0.2) is 6.10 Å². The van der Waals surface area contributed by atoms with E-state index < -0.39 is 6.10 Å². The van der Waals surface area contributed by atoms with Crippen molar-refractivity contribution in [2.24, 2.45) is 0 Å². The second-order valence-electron chi connectivity index (χ2n) is 7.28. The zero-order valence-electron chi connectivity index (χ0n) is 16.9. The van der Waals surface area contributed by atoms with Crippen LogP contribution in [0.15, 0.2) is 42.5 Å². The number of amides is 3. The van der Waals surface area contributed by atoms with E-state index >= 15 is 0 Å². The van der Waals surface area contributed by atoms with Gasteiger partial charge in [0.2, 0.25) is 0 Å². The number of carbonyl (C=O) groups excluding carboxylic acids is 3. The molecule has 0 bridgehead atoms. The zero-order chi connectivity index (χ0) is 21.3. The monoisotopic (exact) mass is 409 g/mol. The van der Waals surface area contributed by atoms with Crippen molar-refractivity contribution in [2.75, 3.05) is 43.6 Å². The van der Waals surface area contributed by atoms with Crippen LogP contribution in [0.5, 0.6) is 5.75 Å². The highest BCUT2D eigenvalue weighted by atomic mass is 16.5. The van der Waals surface area contributed by atoms with Crippen LogP contribution in [0.1, 0.15) is 27.6 Å². The fourth-order valence-electron chi connectivity index (χ4n) is 3.51. The summed E-state index contributed by atoms with van der Waals surface area (Å²) in [4.78, 5) is 40.5. The van der Waals surface area contributed by atoms with Crippen LogP contribution < -0.4 is 15.0 Å². The predicted octanol–water partition coefficient (Wildman–Crippen LogP) is 2.16. The Morgan fingerprint density at radius 3 is 2.40 bits per heavy atom. The van der Waals surface area contributed by atoms with Gasteiger partial charge in [0.05, 0.1) is 18.9 Å². The normalized spacial score (nSPS) is 18.5. The minimum absolute atomic E-state index is 0.0677.